The molecule has 1 N–H and O–H groups in total. The van der Waals surface area contributed by atoms with Crippen LogP contribution in [0.15, 0.2) is 24.3 Å². The molecule has 0 spiro atoms. The summed E-state index contributed by atoms with van der Waals surface area (Å²) in [6, 6.07) is 6.64. The molecule has 0 saturated carbocycles. The molecular weight excluding hydrogens is 247 g/mol. The minimum atomic E-state index is -0.211. The van der Waals surface area contributed by atoms with Crippen LogP contribution in [-0.2, 0) is 0 Å². The summed E-state index contributed by atoms with van der Waals surface area (Å²) in [6.45, 7) is 7.16. The Labute approximate surface area is 111 Å². The van der Waals surface area contributed by atoms with Crippen LogP contribution in [0.25, 0.3) is 10.4 Å². The summed E-state index contributed by atoms with van der Waals surface area (Å²) < 4.78 is 13.2. The monoisotopic (exact) mass is 264 g/mol. The molecule has 18 heavy (non-hydrogen) atoms. The fourth-order valence-corrected chi connectivity index (χ4v) is 2.63. The Hall–Kier alpha value is -1.42. The van der Waals surface area contributed by atoms with Crippen LogP contribution in [0.4, 0.5) is 9.52 Å². The first kappa shape index (κ1) is 13.0. The molecule has 2 nitrogen and oxygen atoms in total. The van der Waals surface area contributed by atoms with Gasteiger partial charge in [0.15, 0.2) is 5.13 Å². The predicted octanol–water partition coefficient (Wildman–Crippen LogP) is 4.33. The zero-order valence-electron chi connectivity index (χ0n) is 10.8. The third-order valence-corrected chi connectivity index (χ3v) is 3.71. The van der Waals surface area contributed by atoms with E-state index in [0.29, 0.717) is 5.92 Å². The normalized spacial score (nSPS) is 10.9. The van der Waals surface area contributed by atoms with Crippen LogP contribution in [-0.4, -0.2) is 11.5 Å². The maximum atomic E-state index is 13.2. The van der Waals surface area contributed by atoms with E-state index in [9.17, 15) is 4.39 Å². The largest absolute Gasteiger partial charge is 0.361 e. The van der Waals surface area contributed by atoms with Gasteiger partial charge in [-0.25, -0.2) is 9.37 Å². The molecule has 0 atom stereocenters. The van der Waals surface area contributed by atoms with Crippen molar-refractivity contribution in [3.8, 4) is 10.4 Å². The Morgan fingerprint density at radius 3 is 2.83 bits per heavy atom. The van der Waals surface area contributed by atoms with E-state index in [1.807, 2.05) is 13.0 Å². The Bertz CT molecular complexity index is 534. The lowest BCUT2D eigenvalue weighted by molar-refractivity contribution is 0.628. The summed E-state index contributed by atoms with van der Waals surface area (Å²) in [5, 5.41) is 4.21. The molecule has 1 aromatic heterocycles. The van der Waals surface area contributed by atoms with Crippen molar-refractivity contribution in [3.63, 3.8) is 0 Å². The zero-order valence-corrected chi connectivity index (χ0v) is 11.6. The van der Waals surface area contributed by atoms with Gasteiger partial charge in [-0.3, -0.25) is 0 Å². The molecule has 1 heterocycles. The van der Waals surface area contributed by atoms with E-state index in [4.69, 9.17) is 0 Å². The van der Waals surface area contributed by atoms with Crippen molar-refractivity contribution in [2.45, 2.75) is 20.8 Å². The number of benzene rings is 1. The van der Waals surface area contributed by atoms with Crippen LogP contribution in [0.2, 0.25) is 0 Å². The number of halogens is 1. The molecule has 0 saturated heterocycles. The van der Waals surface area contributed by atoms with Crippen molar-refractivity contribution >= 4 is 16.5 Å². The van der Waals surface area contributed by atoms with Gasteiger partial charge in [-0.1, -0.05) is 37.3 Å². The minimum absolute atomic E-state index is 0.211. The van der Waals surface area contributed by atoms with Gasteiger partial charge in [0.2, 0.25) is 0 Å². The maximum Gasteiger partial charge on any atom is 0.183 e. The highest BCUT2D eigenvalue weighted by molar-refractivity contribution is 7.19. The van der Waals surface area contributed by atoms with E-state index in [2.05, 4.69) is 24.1 Å². The van der Waals surface area contributed by atoms with Crippen molar-refractivity contribution < 1.29 is 4.39 Å². The number of thiazole rings is 1. The summed E-state index contributed by atoms with van der Waals surface area (Å²) in [7, 11) is 0. The molecule has 96 valence electrons. The zero-order chi connectivity index (χ0) is 13.1. The van der Waals surface area contributed by atoms with Gasteiger partial charge >= 0.3 is 0 Å². The van der Waals surface area contributed by atoms with Gasteiger partial charge in [0.05, 0.1) is 10.6 Å². The molecular formula is C14H17FN2S. The second-order valence-electron chi connectivity index (χ2n) is 4.72. The lowest BCUT2D eigenvalue weighted by atomic mass is 10.1. The fourth-order valence-electron chi connectivity index (χ4n) is 1.66. The number of nitrogens with one attached hydrogen (secondary N) is 1. The van der Waals surface area contributed by atoms with Crippen LogP contribution in [0.5, 0.6) is 0 Å². The van der Waals surface area contributed by atoms with Crippen LogP contribution in [0.3, 0.4) is 0 Å². The van der Waals surface area contributed by atoms with E-state index in [1.54, 1.807) is 23.5 Å². The molecule has 2 rings (SSSR count). The Morgan fingerprint density at radius 1 is 1.39 bits per heavy atom. The van der Waals surface area contributed by atoms with Gasteiger partial charge in [-0.15, -0.1) is 0 Å². The van der Waals surface area contributed by atoms with Gasteiger partial charge in [0.25, 0.3) is 0 Å². The Balaban J connectivity index is 2.24. The van der Waals surface area contributed by atoms with Crippen LogP contribution >= 0.6 is 11.3 Å². The van der Waals surface area contributed by atoms with E-state index >= 15 is 0 Å². The van der Waals surface area contributed by atoms with Gasteiger partial charge in [-0.05, 0) is 30.5 Å². The molecule has 4 heteroatoms. The highest BCUT2D eigenvalue weighted by Crippen LogP contribution is 2.32. The first-order valence-electron chi connectivity index (χ1n) is 6.03. The lowest BCUT2D eigenvalue weighted by Crippen LogP contribution is -2.07. The second kappa shape index (κ2) is 5.48. The topological polar surface area (TPSA) is 24.9 Å². The second-order valence-corrected chi connectivity index (χ2v) is 5.72. The number of hydrogen-bond acceptors (Lipinski definition) is 3. The number of rotatable bonds is 4. The molecule has 0 aliphatic rings. The summed E-state index contributed by atoms with van der Waals surface area (Å²) in [5.41, 5.74) is 1.83. The summed E-state index contributed by atoms with van der Waals surface area (Å²) in [4.78, 5) is 5.50. The molecule has 0 unspecified atom stereocenters. The number of anilines is 1. The van der Waals surface area contributed by atoms with Gasteiger partial charge < -0.3 is 5.32 Å². The number of nitrogens with zero attached hydrogens (tertiary/aromatic N) is 1. The quantitative estimate of drug-likeness (QED) is 0.889. The van der Waals surface area contributed by atoms with Gasteiger partial charge in [0, 0.05) is 6.54 Å². The molecule has 0 bridgehead atoms. The fraction of sp³-hybridized carbons (Fsp3) is 0.357. The smallest absolute Gasteiger partial charge is 0.183 e. The minimum Gasteiger partial charge on any atom is -0.361 e. The summed E-state index contributed by atoms with van der Waals surface area (Å²) in [6.07, 6.45) is 0. The van der Waals surface area contributed by atoms with Crippen molar-refractivity contribution in [2.75, 3.05) is 11.9 Å². The average molecular weight is 264 g/mol. The molecule has 2 aromatic rings. The third-order valence-electron chi connectivity index (χ3n) is 2.54. The van der Waals surface area contributed by atoms with Gasteiger partial charge in [-0.2, -0.15) is 0 Å². The highest BCUT2D eigenvalue weighted by atomic mass is 32.1. The molecule has 0 aliphatic carbocycles. The van der Waals surface area contributed by atoms with E-state index in [0.717, 1.165) is 27.8 Å². The van der Waals surface area contributed by atoms with Crippen molar-refractivity contribution in [3.05, 3.63) is 35.8 Å². The predicted molar refractivity (Wildman–Crippen MR) is 75.6 cm³/mol. The van der Waals surface area contributed by atoms with Crippen LogP contribution in [0, 0.1) is 18.7 Å². The van der Waals surface area contributed by atoms with E-state index in [1.165, 1.54) is 6.07 Å². The highest BCUT2D eigenvalue weighted by Gasteiger charge is 2.10. The lowest BCUT2D eigenvalue weighted by Gasteiger charge is -2.04. The first-order chi connectivity index (χ1) is 8.56. The number of aromatic nitrogens is 1. The Kier molecular flexibility index (Phi) is 3.97. The molecule has 0 fully saturated rings. The molecule has 1 aromatic carbocycles. The Morgan fingerprint density at radius 2 is 2.17 bits per heavy atom. The molecule has 0 aliphatic heterocycles. The van der Waals surface area contributed by atoms with E-state index in [-0.39, 0.29) is 5.82 Å². The number of hydrogen-bond donors (Lipinski definition) is 1. The van der Waals surface area contributed by atoms with E-state index < -0.39 is 0 Å². The molecule has 0 amide bonds. The number of aryl methyl sites for hydroxylation is 1. The first-order valence-corrected chi connectivity index (χ1v) is 6.85. The maximum absolute atomic E-state index is 13.2. The summed E-state index contributed by atoms with van der Waals surface area (Å²) in [5.74, 6) is 0.365. The third kappa shape index (κ3) is 3.07. The standard InChI is InChI=1S/C14H17FN2S/c1-9(2)8-16-14-17-10(3)13(18-14)11-5-4-6-12(15)7-11/h4-7,9H,8H2,1-3H3,(H,16,17). The van der Waals surface area contributed by atoms with Crippen molar-refractivity contribution in [1.29, 1.82) is 0 Å². The summed E-state index contributed by atoms with van der Waals surface area (Å²) >= 11 is 1.57. The molecule has 0 radical (unpaired) electrons. The van der Waals surface area contributed by atoms with Gasteiger partial charge in [0.1, 0.15) is 5.82 Å². The van der Waals surface area contributed by atoms with Crippen LogP contribution in [0.1, 0.15) is 19.5 Å². The van der Waals surface area contributed by atoms with Crippen molar-refractivity contribution in [1.82, 2.24) is 4.98 Å². The average Bonchev–Trinajstić information content (AvgIpc) is 2.68. The van der Waals surface area contributed by atoms with Crippen LogP contribution < -0.4 is 5.32 Å². The van der Waals surface area contributed by atoms with Crippen molar-refractivity contribution in [2.24, 2.45) is 5.92 Å². The SMILES string of the molecule is Cc1nc(NCC(C)C)sc1-c1cccc(F)c1.